The maximum atomic E-state index is 11.0. The van der Waals surface area contributed by atoms with Gasteiger partial charge >= 0.3 is 0 Å². The standard InChI is InChI=1S/C11H18N4OS2/c1-7(9(12)16)17-11-15-14-10(18-11)13-8-5-3-2-4-6-8/h7-8H,2-6H2,1H3,(H2,12,16)(H,13,14). The van der Waals surface area contributed by atoms with Gasteiger partial charge in [-0.05, 0) is 19.8 Å². The van der Waals surface area contributed by atoms with Gasteiger partial charge in [0.15, 0.2) is 4.34 Å². The van der Waals surface area contributed by atoms with E-state index in [1.54, 1.807) is 6.92 Å². The van der Waals surface area contributed by atoms with Gasteiger partial charge in [0.2, 0.25) is 11.0 Å². The number of nitrogens with zero attached hydrogens (tertiary/aromatic N) is 2. The van der Waals surface area contributed by atoms with Gasteiger partial charge in [-0.3, -0.25) is 4.79 Å². The Morgan fingerprint density at radius 1 is 1.44 bits per heavy atom. The highest BCUT2D eigenvalue weighted by Gasteiger charge is 2.17. The Hall–Kier alpha value is -0.820. The number of rotatable bonds is 5. The average molecular weight is 286 g/mol. The second-order valence-corrected chi connectivity index (χ2v) is 7.08. The van der Waals surface area contributed by atoms with Crippen LogP contribution in [0.5, 0.6) is 0 Å². The predicted molar refractivity (Wildman–Crippen MR) is 74.9 cm³/mol. The lowest BCUT2D eigenvalue weighted by molar-refractivity contribution is -0.117. The van der Waals surface area contributed by atoms with Gasteiger partial charge in [-0.2, -0.15) is 0 Å². The van der Waals surface area contributed by atoms with E-state index in [1.807, 2.05) is 0 Å². The zero-order valence-electron chi connectivity index (χ0n) is 10.4. The van der Waals surface area contributed by atoms with Crippen LogP contribution >= 0.6 is 23.1 Å². The molecule has 1 aromatic heterocycles. The first-order valence-electron chi connectivity index (χ1n) is 6.21. The van der Waals surface area contributed by atoms with Crippen molar-refractivity contribution in [3.05, 3.63) is 0 Å². The van der Waals surface area contributed by atoms with Gasteiger partial charge in [0.05, 0.1) is 5.25 Å². The van der Waals surface area contributed by atoms with E-state index in [2.05, 4.69) is 15.5 Å². The number of primary amides is 1. The largest absolute Gasteiger partial charge is 0.369 e. The molecule has 1 unspecified atom stereocenters. The van der Waals surface area contributed by atoms with E-state index in [-0.39, 0.29) is 11.2 Å². The second-order valence-electron chi connectivity index (χ2n) is 4.51. The van der Waals surface area contributed by atoms with Crippen LogP contribution in [-0.4, -0.2) is 27.4 Å². The minimum absolute atomic E-state index is 0.263. The van der Waals surface area contributed by atoms with Crippen LogP contribution in [0.4, 0.5) is 5.13 Å². The summed E-state index contributed by atoms with van der Waals surface area (Å²) in [5.41, 5.74) is 5.22. The number of carbonyl (C=O) groups is 1. The lowest BCUT2D eigenvalue weighted by Crippen LogP contribution is -2.22. The van der Waals surface area contributed by atoms with Crippen LogP contribution in [0.15, 0.2) is 4.34 Å². The van der Waals surface area contributed by atoms with E-state index in [0.29, 0.717) is 6.04 Å². The Labute approximate surface area is 115 Å². The summed E-state index contributed by atoms with van der Waals surface area (Å²) < 4.78 is 0.791. The Kier molecular flexibility index (Phi) is 4.82. The molecule has 0 radical (unpaired) electrons. The molecule has 1 aromatic rings. The quantitative estimate of drug-likeness (QED) is 0.811. The first-order valence-corrected chi connectivity index (χ1v) is 7.91. The number of nitrogens with one attached hydrogen (secondary N) is 1. The van der Waals surface area contributed by atoms with E-state index < -0.39 is 0 Å². The highest BCUT2D eigenvalue weighted by molar-refractivity contribution is 8.02. The maximum Gasteiger partial charge on any atom is 0.230 e. The summed E-state index contributed by atoms with van der Waals surface area (Å²) in [5, 5.41) is 12.2. The van der Waals surface area contributed by atoms with Crippen LogP contribution in [0, 0.1) is 0 Å². The van der Waals surface area contributed by atoms with E-state index in [4.69, 9.17) is 5.73 Å². The highest BCUT2D eigenvalue weighted by atomic mass is 32.2. The van der Waals surface area contributed by atoms with Crippen molar-refractivity contribution in [2.75, 3.05) is 5.32 Å². The third-order valence-corrected chi connectivity index (χ3v) is 5.07. The molecule has 0 aliphatic heterocycles. The van der Waals surface area contributed by atoms with Crippen molar-refractivity contribution in [1.29, 1.82) is 0 Å². The smallest absolute Gasteiger partial charge is 0.230 e. The van der Waals surface area contributed by atoms with E-state index in [0.717, 1.165) is 9.47 Å². The Morgan fingerprint density at radius 2 is 2.17 bits per heavy atom. The summed E-state index contributed by atoms with van der Waals surface area (Å²) in [7, 11) is 0. The SMILES string of the molecule is CC(Sc1nnc(NC2CCCCC2)s1)C(N)=O. The second kappa shape index (κ2) is 6.38. The summed E-state index contributed by atoms with van der Waals surface area (Å²) in [6.45, 7) is 1.78. The summed E-state index contributed by atoms with van der Waals surface area (Å²) in [6, 6.07) is 0.526. The van der Waals surface area contributed by atoms with Crippen molar-refractivity contribution in [3.8, 4) is 0 Å². The fraction of sp³-hybridized carbons (Fsp3) is 0.727. The molecule has 1 fully saturated rings. The number of nitrogens with two attached hydrogens (primary N) is 1. The number of amides is 1. The summed E-state index contributed by atoms with van der Waals surface area (Å²) in [6.07, 6.45) is 6.33. The molecule has 18 heavy (non-hydrogen) atoms. The molecular weight excluding hydrogens is 268 g/mol. The average Bonchev–Trinajstić information content (AvgIpc) is 2.77. The zero-order chi connectivity index (χ0) is 13.0. The van der Waals surface area contributed by atoms with Gasteiger partial charge in [-0.25, -0.2) is 0 Å². The highest BCUT2D eigenvalue weighted by Crippen LogP contribution is 2.30. The maximum absolute atomic E-state index is 11.0. The first kappa shape index (κ1) is 13.6. The zero-order valence-corrected chi connectivity index (χ0v) is 12.0. The topological polar surface area (TPSA) is 80.9 Å². The number of carbonyl (C=O) groups excluding carboxylic acids is 1. The Bertz CT molecular complexity index is 404. The number of aromatic nitrogens is 2. The van der Waals surface area contributed by atoms with Crippen molar-refractivity contribution >= 4 is 34.1 Å². The van der Waals surface area contributed by atoms with E-state index in [9.17, 15) is 4.79 Å². The number of thioether (sulfide) groups is 1. The van der Waals surface area contributed by atoms with Gasteiger partial charge in [0, 0.05) is 6.04 Å². The molecule has 100 valence electrons. The third kappa shape index (κ3) is 3.84. The fourth-order valence-electron chi connectivity index (χ4n) is 1.95. The molecule has 1 amide bonds. The van der Waals surface area contributed by atoms with Crippen molar-refractivity contribution < 1.29 is 4.79 Å². The molecule has 0 aromatic carbocycles. The van der Waals surface area contributed by atoms with Gasteiger partial charge in [0.25, 0.3) is 0 Å². The van der Waals surface area contributed by atoms with Crippen molar-refractivity contribution in [3.63, 3.8) is 0 Å². The molecule has 3 N–H and O–H groups in total. The predicted octanol–water partition coefficient (Wildman–Crippen LogP) is 2.25. The monoisotopic (exact) mass is 286 g/mol. The van der Waals surface area contributed by atoms with Crippen LogP contribution < -0.4 is 11.1 Å². The van der Waals surface area contributed by atoms with Crippen LogP contribution in [0.1, 0.15) is 39.0 Å². The molecule has 1 heterocycles. The minimum atomic E-state index is -0.322. The molecular formula is C11H18N4OS2. The molecule has 0 spiro atoms. The lowest BCUT2D eigenvalue weighted by atomic mass is 9.96. The van der Waals surface area contributed by atoms with Crippen LogP contribution in [0.3, 0.4) is 0 Å². The fourth-order valence-corrected chi connectivity index (χ4v) is 3.87. The van der Waals surface area contributed by atoms with Gasteiger partial charge in [0.1, 0.15) is 0 Å². The Morgan fingerprint density at radius 3 is 2.83 bits per heavy atom. The Balaban J connectivity index is 1.87. The normalized spacial score (nSPS) is 18.5. The van der Waals surface area contributed by atoms with Gasteiger partial charge in [-0.1, -0.05) is 42.4 Å². The molecule has 0 saturated heterocycles. The molecule has 1 aliphatic rings. The van der Waals surface area contributed by atoms with Crippen LogP contribution in [0.2, 0.25) is 0 Å². The minimum Gasteiger partial charge on any atom is -0.369 e. The van der Waals surface area contributed by atoms with Gasteiger partial charge < -0.3 is 11.1 Å². The summed E-state index contributed by atoms with van der Waals surface area (Å²) >= 11 is 2.86. The van der Waals surface area contributed by atoms with E-state index in [1.165, 1.54) is 55.2 Å². The molecule has 1 atom stereocenters. The third-order valence-electron chi connectivity index (χ3n) is 3.02. The number of anilines is 1. The van der Waals surface area contributed by atoms with Crippen molar-refractivity contribution in [2.45, 2.75) is 54.7 Å². The summed E-state index contributed by atoms with van der Waals surface area (Å²) in [5.74, 6) is -0.322. The van der Waals surface area contributed by atoms with Crippen molar-refractivity contribution in [2.24, 2.45) is 5.73 Å². The molecule has 5 nitrogen and oxygen atoms in total. The summed E-state index contributed by atoms with van der Waals surface area (Å²) in [4.78, 5) is 11.0. The van der Waals surface area contributed by atoms with E-state index >= 15 is 0 Å². The number of hydrogen-bond donors (Lipinski definition) is 2. The first-order chi connectivity index (χ1) is 8.65. The molecule has 2 rings (SSSR count). The van der Waals surface area contributed by atoms with Crippen molar-refractivity contribution in [1.82, 2.24) is 10.2 Å². The van der Waals surface area contributed by atoms with Gasteiger partial charge in [-0.15, -0.1) is 10.2 Å². The van der Waals surface area contributed by atoms with Crippen LogP contribution in [0.25, 0.3) is 0 Å². The molecule has 7 heteroatoms. The number of hydrogen-bond acceptors (Lipinski definition) is 6. The lowest BCUT2D eigenvalue weighted by Gasteiger charge is -2.21. The molecule has 1 aliphatic carbocycles. The molecule has 0 bridgehead atoms. The van der Waals surface area contributed by atoms with Crippen LogP contribution in [-0.2, 0) is 4.79 Å². The molecule has 1 saturated carbocycles.